The first-order chi connectivity index (χ1) is 11.1. The molecule has 0 aromatic heterocycles. The summed E-state index contributed by atoms with van der Waals surface area (Å²) in [4.78, 5) is 27.7. The van der Waals surface area contributed by atoms with Crippen LogP contribution in [0.2, 0.25) is 0 Å². The van der Waals surface area contributed by atoms with Gasteiger partial charge in [-0.15, -0.1) is 0 Å². The average molecular weight is 320 g/mol. The second kappa shape index (κ2) is 9.87. The van der Waals surface area contributed by atoms with E-state index in [1.165, 1.54) is 0 Å². The van der Waals surface area contributed by atoms with Crippen molar-refractivity contribution in [3.63, 3.8) is 0 Å². The molecule has 0 spiro atoms. The minimum absolute atomic E-state index is 0.125. The molecule has 1 rings (SSSR count). The molecule has 0 aliphatic carbocycles. The van der Waals surface area contributed by atoms with Crippen molar-refractivity contribution in [2.45, 2.75) is 40.5 Å². The summed E-state index contributed by atoms with van der Waals surface area (Å²) in [5.74, 6) is 0.664. The van der Waals surface area contributed by atoms with E-state index in [1.54, 1.807) is 11.0 Å². The lowest BCUT2D eigenvalue weighted by atomic mass is 10.1. The predicted molar refractivity (Wildman–Crippen MR) is 91.6 cm³/mol. The molecule has 0 unspecified atom stereocenters. The first-order valence-corrected chi connectivity index (χ1v) is 8.39. The van der Waals surface area contributed by atoms with Gasteiger partial charge in [-0.05, 0) is 45.7 Å². The maximum Gasteiger partial charge on any atom is 0.415 e. The molecule has 1 aromatic rings. The molecule has 128 valence electrons. The van der Waals surface area contributed by atoms with Crippen LogP contribution in [0.15, 0.2) is 24.3 Å². The van der Waals surface area contributed by atoms with Gasteiger partial charge in [-0.3, -0.25) is 4.79 Å². The molecule has 0 N–H and O–H groups in total. The SMILES string of the molecule is CCN(CC)C(=O)CCc1ccccc1OC(=O)N(CC)CC. The number of aryl methyl sites for hydroxylation is 1. The highest BCUT2D eigenvalue weighted by molar-refractivity contribution is 5.76. The van der Waals surface area contributed by atoms with Gasteiger partial charge in [-0.1, -0.05) is 18.2 Å². The van der Waals surface area contributed by atoms with Crippen molar-refractivity contribution in [2.24, 2.45) is 0 Å². The van der Waals surface area contributed by atoms with E-state index in [0.717, 1.165) is 5.56 Å². The second-order valence-corrected chi connectivity index (χ2v) is 5.21. The van der Waals surface area contributed by atoms with Gasteiger partial charge in [0.2, 0.25) is 5.91 Å². The molecule has 0 heterocycles. The van der Waals surface area contributed by atoms with Gasteiger partial charge in [0, 0.05) is 32.6 Å². The molecule has 0 atom stereocenters. The third-order valence-corrected chi connectivity index (χ3v) is 3.92. The minimum Gasteiger partial charge on any atom is -0.410 e. The Hall–Kier alpha value is -2.04. The zero-order valence-electron chi connectivity index (χ0n) is 14.7. The molecule has 0 bridgehead atoms. The fourth-order valence-electron chi connectivity index (χ4n) is 2.43. The zero-order valence-corrected chi connectivity index (χ0v) is 14.7. The van der Waals surface area contributed by atoms with Crippen molar-refractivity contribution in [3.8, 4) is 5.75 Å². The number of ether oxygens (including phenoxy) is 1. The van der Waals surface area contributed by atoms with E-state index in [1.807, 2.05) is 50.8 Å². The predicted octanol–water partition coefficient (Wildman–Crippen LogP) is 3.33. The summed E-state index contributed by atoms with van der Waals surface area (Å²) in [5, 5.41) is 0. The molecule has 0 saturated carbocycles. The summed E-state index contributed by atoms with van der Waals surface area (Å²) in [6, 6.07) is 7.41. The summed E-state index contributed by atoms with van der Waals surface area (Å²) >= 11 is 0. The lowest BCUT2D eigenvalue weighted by Crippen LogP contribution is -2.33. The van der Waals surface area contributed by atoms with Crippen LogP contribution >= 0.6 is 0 Å². The molecular formula is C18H28N2O3. The molecule has 0 fully saturated rings. The Morgan fingerprint density at radius 1 is 0.913 bits per heavy atom. The van der Waals surface area contributed by atoms with Crippen LogP contribution in [-0.4, -0.2) is 48.0 Å². The molecule has 23 heavy (non-hydrogen) atoms. The summed E-state index contributed by atoms with van der Waals surface area (Å²) in [5.41, 5.74) is 0.883. The number of carbonyl (C=O) groups excluding carboxylic acids is 2. The maximum absolute atomic E-state index is 12.1. The Morgan fingerprint density at radius 2 is 1.48 bits per heavy atom. The molecule has 1 aromatic carbocycles. The van der Waals surface area contributed by atoms with Crippen molar-refractivity contribution in [1.29, 1.82) is 0 Å². The number of nitrogens with zero attached hydrogens (tertiary/aromatic N) is 2. The highest BCUT2D eigenvalue weighted by Gasteiger charge is 2.15. The lowest BCUT2D eigenvalue weighted by Gasteiger charge is -2.20. The largest absolute Gasteiger partial charge is 0.415 e. The van der Waals surface area contributed by atoms with E-state index in [-0.39, 0.29) is 12.0 Å². The third-order valence-electron chi connectivity index (χ3n) is 3.92. The topological polar surface area (TPSA) is 49.9 Å². The van der Waals surface area contributed by atoms with Crippen LogP contribution in [0.1, 0.15) is 39.7 Å². The quantitative estimate of drug-likeness (QED) is 0.738. The molecular weight excluding hydrogens is 292 g/mol. The zero-order chi connectivity index (χ0) is 17.2. The van der Waals surface area contributed by atoms with Gasteiger partial charge in [0.1, 0.15) is 5.75 Å². The first-order valence-electron chi connectivity index (χ1n) is 8.39. The lowest BCUT2D eigenvalue weighted by molar-refractivity contribution is -0.130. The number of hydrogen-bond donors (Lipinski definition) is 0. The Bertz CT molecular complexity index is 509. The second-order valence-electron chi connectivity index (χ2n) is 5.21. The van der Waals surface area contributed by atoms with E-state index in [2.05, 4.69) is 0 Å². The van der Waals surface area contributed by atoms with E-state index in [0.29, 0.717) is 44.8 Å². The first kappa shape index (κ1) is 19.0. The molecule has 5 heteroatoms. The summed E-state index contributed by atoms with van der Waals surface area (Å²) in [6.07, 6.45) is 0.635. The highest BCUT2D eigenvalue weighted by Crippen LogP contribution is 2.21. The van der Waals surface area contributed by atoms with Gasteiger partial charge in [-0.25, -0.2) is 4.79 Å². The Kier molecular flexibility index (Phi) is 8.16. The number of rotatable bonds is 8. The van der Waals surface area contributed by atoms with Gasteiger partial charge < -0.3 is 14.5 Å². The van der Waals surface area contributed by atoms with Crippen molar-refractivity contribution in [3.05, 3.63) is 29.8 Å². The smallest absolute Gasteiger partial charge is 0.410 e. The van der Waals surface area contributed by atoms with Gasteiger partial charge in [0.05, 0.1) is 0 Å². The maximum atomic E-state index is 12.1. The normalized spacial score (nSPS) is 10.3. The fraction of sp³-hybridized carbons (Fsp3) is 0.556. The Balaban J connectivity index is 2.74. The van der Waals surface area contributed by atoms with E-state index in [9.17, 15) is 9.59 Å². The van der Waals surface area contributed by atoms with Crippen LogP contribution in [0.25, 0.3) is 0 Å². The molecule has 0 saturated heterocycles. The van der Waals surface area contributed by atoms with Gasteiger partial charge in [-0.2, -0.15) is 0 Å². The average Bonchev–Trinajstić information content (AvgIpc) is 2.56. The van der Waals surface area contributed by atoms with Crippen LogP contribution < -0.4 is 4.74 Å². The summed E-state index contributed by atoms with van der Waals surface area (Å²) in [7, 11) is 0. The monoisotopic (exact) mass is 320 g/mol. The van der Waals surface area contributed by atoms with Crippen LogP contribution in [0, 0.1) is 0 Å². The van der Waals surface area contributed by atoms with Crippen molar-refractivity contribution < 1.29 is 14.3 Å². The summed E-state index contributed by atoms with van der Waals surface area (Å²) < 4.78 is 5.50. The third kappa shape index (κ3) is 5.58. The molecule has 0 aliphatic rings. The summed E-state index contributed by atoms with van der Waals surface area (Å²) in [6.45, 7) is 10.4. The Morgan fingerprint density at radius 3 is 2.04 bits per heavy atom. The molecule has 5 nitrogen and oxygen atoms in total. The van der Waals surface area contributed by atoms with Crippen LogP contribution in [0.3, 0.4) is 0 Å². The van der Waals surface area contributed by atoms with Gasteiger partial charge >= 0.3 is 6.09 Å². The van der Waals surface area contributed by atoms with Crippen molar-refractivity contribution in [2.75, 3.05) is 26.2 Å². The van der Waals surface area contributed by atoms with Crippen LogP contribution in [0.4, 0.5) is 4.79 Å². The number of benzene rings is 1. The standard InChI is InChI=1S/C18H28N2O3/c1-5-19(6-2)17(21)14-13-15-11-9-10-12-16(15)23-18(22)20(7-3)8-4/h9-12H,5-8,13-14H2,1-4H3. The van der Waals surface area contributed by atoms with E-state index >= 15 is 0 Å². The number of amides is 2. The number of hydrogen-bond acceptors (Lipinski definition) is 3. The van der Waals surface area contributed by atoms with Crippen LogP contribution in [0.5, 0.6) is 5.75 Å². The number of para-hydroxylation sites is 1. The van der Waals surface area contributed by atoms with Crippen LogP contribution in [-0.2, 0) is 11.2 Å². The molecule has 2 amide bonds. The highest BCUT2D eigenvalue weighted by atomic mass is 16.6. The van der Waals surface area contributed by atoms with E-state index < -0.39 is 0 Å². The van der Waals surface area contributed by atoms with Gasteiger partial charge in [0.25, 0.3) is 0 Å². The molecule has 0 radical (unpaired) electrons. The fourth-order valence-corrected chi connectivity index (χ4v) is 2.43. The minimum atomic E-state index is -0.350. The van der Waals surface area contributed by atoms with Gasteiger partial charge in [0.15, 0.2) is 0 Å². The molecule has 0 aliphatic heterocycles. The van der Waals surface area contributed by atoms with Crippen molar-refractivity contribution >= 4 is 12.0 Å². The Labute approximate surface area is 139 Å². The number of carbonyl (C=O) groups is 2. The van der Waals surface area contributed by atoms with Crippen molar-refractivity contribution in [1.82, 2.24) is 9.80 Å². The van der Waals surface area contributed by atoms with E-state index in [4.69, 9.17) is 4.74 Å².